The van der Waals surface area contributed by atoms with Gasteiger partial charge >= 0.3 is 0 Å². The van der Waals surface area contributed by atoms with Crippen LogP contribution >= 0.6 is 0 Å². The van der Waals surface area contributed by atoms with Crippen LogP contribution in [-0.4, -0.2) is 33.9 Å². The van der Waals surface area contributed by atoms with E-state index >= 15 is 0 Å². The molecule has 1 aromatic heterocycles. The summed E-state index contributed by atoms with van der Waals surface area (Å²) in [5.74, 6) is 0.0147. The van der Waals surface area contributed by atoms with Gasteiger partial charge in [0.15, 0.2) is 0 Å². The van der Waals surface area contributed by atoms with E-state index in [1.807, 2.05) is 20.8 Å². The van der Waals surface area contributed by atoms with E-state index in [9.17, 15) is 9.90 Å². The summed E-state index contributed by atoms with van der Waals surface area (Å²) in [6, 6.07) is 1.74. The highest BCUT2D eigenvalue weighted by Crippen LogP contribution is 2.04. The monoisotopic (exact) mass is 239 g/mol. The minimum absolute atomic E-state index is 0.197. The number of aliphatic hydroxyl groups excluding tert-OH is 1. The Morgan fingerprint density at radius 3 is 2.82 bits per heavy atom. The third kappa shape index (κ3) is 4.19. The van der Waals surface area contributed by atoms with Crippen LogP contribution in [0.25, 0.3) is 0 Å². The minimum atomic E-state index is -0.374. The maximum atomic E-state index is 11.7. The van der Waals surface area contributed by atoms with Gasteiger partial charge in [-0.05, 0) is 24.8 Å². The molecule has 0 bridgehead atoms. The zero-order valence-corrected chi connectivity index (χ0v) is 10.7. The topological polar surface area (TPSA) is 78.0 Å². The summed E-state index contributed by atoms with van der Waals surface area (Å²) in [7, 11) is 0. The van der Waals surface area contributed by atoms with Crippen LogP contribution in [-0.2, 0) is 6.42 Å². The SMILES string of the molecule is CCc1cc(C(=O)NCCC(O)C(C)C)n[nH]1. The third-order valence-electron chi connectivity index (χ3n) is 2.74. The summed E-state index contributed by atoms with van der Waals surface area (Å²) in [4.78, 5) is 11.7. The molecule has 0 radical (unpaired) electrons. The van der Waals surface area contributed by atoms with Crippen molar-refractivity contribution in [3.05, 3.63) is 17.5 Å². The van der Waals surface area contributed by atoms with Gasteiger partial charge in [-0.3, -0.25) is 9.89 Å². The molecule has 3 N–H and O–H groups in total. The second-order valence-electron chi connectivity index (χ2n) is 4.49. The number of aromatic nitrogens is 2. The van der Waals surface area contributed by atoms with Crippen molar-refractivity contribution in [3.8, 4) is 0 Å². The van der Waals surface area contributed by atoms with Gasteiger partial charge in [-0.25, -0.2) is 0 Å². The summed E-state index contributed by atoms with van der Waals surface area (Å²) in [6.07, 6.45) is 1.02. The highest BCUT2D eigenvalue weighted by Gasteiger charge is 2.12. The summed E-state index contributed by atoms with van der Waals surface area (Å²) in [6.45, 7) is 6.36. The molecule has 1 heterocycles. The van der Waals surface area contributed by atoms with E-state index in [2.05, 4.69) is 15.5 Å². The molecule has 0 aromatic carbocycles. The molecule has 0 saturated heterocycles. The van der Waals surface area contributed by atoms with Crippen LogP contribution in [0.5, 0.6) is 0 Å². The molecule has 0 spiro atoms. The molecule has 5 heteroatoms. The van der Waals surface area contributed by atoms with E-state index in [4.69, 9.17) is 0 Å². The Morgan fingerprint density at radius 1 is 1.59 bits per heavy atom. The summed E-state index contributed by atoms with van der Waals surface area (Å²) in [5, 5.41) is 19.0. The van der Waals surface area contributed by atoms with Crippen LogP contribution in [0.2, 0.25) is 0 Å². The number of nitrogens with one attached hydrogen (secondary N) is 2. The first kappa shape index (κ1) is 13.7. The Morgan fingerprint density at radius 2 is 2.29 bits per heavy atom. The van der Waals surface area contributed by atoms with E-state index in [-0.39, 0.29) is 17.9 Å². The van der Waals surface area contributed by atoms with Gasteiger partial charge in [0.1, 0.15) is 5.69 Å². The Bertz CT molecular complexity index is 360. The molecule has 1 aromatic rings. The molecule has 1 unspecified atom stereocenters. The average molecular weight is 239 g/mol. The fraction of sp³-hybridized carbons (Fsp3) is 0.667. The van der Waals surface area contributed by atoms with Crippen molar-refractivity contribution in [2.75, 3.05) is 6.54 Å². The number of rotatable bonds is 6. The van der Waals surface area contributed by atoms with Crippen molar-refractivity contribution in [2.24, 2.45) is 5.92 Å². The molecular weight excluding hydrogens is 218 g/mol. The largest absolute Gasteiger partial charge is 0.393 e. The highest BCUT2D eigenvalue weighted by molar-refractivity contribution is 5.92. The zero-order valence-electron chi connectivity index (χ0n) is 10.7. The van der Waals surface area contributed by atoms with Gasteiger partial charge in [0.2, 0.25) is 0 Å². The van der Waals surface area contributed by atoms with Crippen LogP contribution in [0, 0.1) is 5.92 Å². The van der Waals surface area contributed by atoms with E-state index < -0.39 is 0 Å². The number of carbonyl (C=O) groups is 1. The summed E-state index contributed by atoms with van der Waals surface area (Å²) < 4.78 is 0. The Hall–Kier alpha value is -1.36. The number of nitrogens with zero attached hydrogens (tertiary/aromatic N) is 1. The van der Waals surface area contributed by atoms with Gasteiger partial charge in [-0.2, -0.15) is 5.10 Å². The molecule has 1 rings (SSSR count). The molecule has 0 aliphatic rings. The molecule has 1 atom stereocenters. The van der Waals surface area contributed by atoms with Crippen LogP contribution in [0.15, 0.2) is 6.07 Å². The predicted octanol–water partition coefficient (Wildman–Crippen LogP) is 1.11. The van der Waals surface area contributed by atoms with Crippen molar-refractivity contribution >= 4 is 5.91 Å². The molecule has 96 valence electrons. The molecule has 0 aliphatic carbocycles. The third-order valence-corrected chi connectivity index (χ3v) is 2.74. The fourth-order valence-electron chi connectivity index (χ4n) is 1.42. The molecule has 1 amide bonds. The number of aryl methyl sites for hydroxylation is 1. The maximum Gasteiger partial charge on any atom is 0.271 e. The molecular formula is C12H21N3O2. The predicted molar refractivity (Wildman–Crippen MR) is 65.8 cm³/mol. The van der Waals surface area contributed by atoms with E-state index in [0.29, 0.717) is 18.7 Å². The quantitative estimate of drug-likeness (QED) is 0.696. The van der Waals surface area contributed by atoms with Gasteiger partial charge in [0.25, 0.3) is 5.91 Å². The maximum absolute atomic E-state index is 11.7. The number of H-pyrrole nitrogens is 1. The first-order valence-corrected chi connectivity index (χ1v) is 6.05. The van der Waals surface area contributed by atoms with Crippen molar-refractivity contribution < 1.29 is 9.90 Å². The lowest BCUT2D eigenvalue weighted by molar-refractivity contribution is 0.0915. The van der Waals surface area contributed by atoms with Gasteiger partial charge in [0.05, 0.1) is 6.10 Å². The normalized spacial score (nSPS) is 12.8. The van der Waals surface area contributed by atoms with Crippen LogP contribution in [0.1, 0.15) is 43.4 Å². The molecule has 0 aliphatic heterocycles. The Kier molecular flexibility index (Phi) is 5.15. The number of aromatic amines is 1. The highest BCUT2D eigenvalue weighted by atomic mass is 16.3. The van der Waals surface area contributed by atoms with Crippen LogP contribution < -0.4 is 5.32 Å². The van der Waals surface area contributed by atoms with Crippen LogP contribution in [0.3, 0.4) is 0 Å². The molecule has 5 nitrogen and oxygen atoms in total. The number of hydrogen-bond donors (Lipinski definition) is 3. The van der Waals surface area contributed by atoms with Crippen LogP contribution in [0.4, 0.5) is 0 Å². The van der Waals surface area contributed by atoms with E-state index in [0.717, 1.165) is 12.1 Å². The zero-order chi connectivity index (χ0) is 12.8. The lowest BCUT2D eigenvalue weighted by Gasteiger charge is -2.13. The number of carbonyl (C=O) groups excluding carboxylic acids is 1. The van der Waals surface area contributed by atoms with E-state index in [1.54, 1.807) is 6.07 Å². The van der Waals surface area contributed by atoms with Crippen molar-refractivity contribution in [3.63, 3.8) is 0 Å². The van der Waals surface area contributed by atoms with Gasteiger partial charge in [-0.1, -0.05) is 20.8 Å². The van der Waals surface area contributed by atoms with Gasteiger partial charge in [0, 0.05) is 12.2 Å². The number of hydrogen-bond acceptors (Lipinski definition) is 3. The fourth-order valence-corrected chi connectivity index (χ4v) is 1.42. The number of amides is 1. The Labute approximate surface area is 102 Å². The molecule has 0 saturated carbocycles. The lowest BCUT2D eigenvalue weighted by atomic mass is 10.0. The standard InChI is InChI=1S/C12H21N3O2/c1-4-9-7-10(15-14-9)12(17)13-6-5-11(16)8(2)3/h7-8,11,16H,4-6H2,1-3H3,(H,13,17)(H,14,15). The van der Waals surface area contributed by atoms with Crippen molar-refractivity contribution in [2.45, 2.75) is 39.7 Å². The Balaban J connectivity index is 2.35. The van der Waals surface area contributed by atoms with E-state index in [1.165, 1.54) is 0 Å². The first-order chi connectivity index (χ1) is 8.04. The lowest BCUT2D eigenvalue weighted by Crippen LogP contribution is -2.28. The second kappa shape index (κ2) is 6.39. The average Bonchev–Trinajstić information content (AvgIpc) is 2.77. The summed E-state index contributed by atoms with van der Waals surface area (Å²) >= 11 is 0. The summed E-state index contributed by atoms with van der Waals surface area (Å²) in [5.41, 5.74) is 1.35. The first-order valence-electron chi connectivity index (χ1n) is 6.05. The molecule has 0 fully saturated rings. The second-order valence-corrected chi connectivity index (χ2v) is 4.49. The van der Waals surface area contributed by atoms with Crippen molar-refractivity contribution in [1.82, 2.24) is 15.5 Å². The van der Waals surface area contributed by atoms with Gasteiger partial charge < -0.3 is 10.4 Å². The van der Waals surface area contributed by atoms with Gasteiger partial charge in [-0.15, -0.1) is 0 Å². The smallest absolute Gasteiger partial charge is 0.271 e. The minimum Gasteiger partial charge on any atom is -0.393 e. The number of aliphatic hydroxyl groups is 1. The molecule has 17 heavy (non-hydrogen) atoms. The van der Waals surface area contributed by atoms with Crippen molar-refractivity contribution in [1.29, 1.82) is 0 Å².